The van der Waals surface area contributed by atoms with Crippen LogP contribution in [-0.2, 0) is 17.1 Å². The summed E-state index contributed by atoms with van der Waals surface area (Å²) >= 11 is 0. The third kappa shape index (κ3) is 8.32. The number of amides is 1. The number of unbranched alkanes of at least 4 members (excludes halogenated alkanes) is 2. The lowest BCUT2D eigenvalue weighted by Crippen LogP contribution is -2.41. The minimum absolute atomic E-state index is 0.0457. The normalized spacial score (nSPS) is 12.8. The van der Waals surface area contributed by atoms with Gasteiger partial charge in [-0.3, -0.25) is 4.79 Å². The van der Waals surface area contributed by atoms with E-state index in [9.17, 15) is 31.1 Å². The topological polar surface area (TPSA) is 51.7 Å². The van der Waals surface area contributed by atoms with E-state index in [2.05, 4.69) is 4.98 Å². The van der Waals surface area contributed by atoms with Gasteiger partial charge in [-0.15, -0.1) is 0 Å². The van der Waals surface area contributed by atoms with Crippen molar-refractivity contribution in [2.45, 2.75) is 64.9 Å². The van der Waals surface area contributed by atoms with E-state index >= 15 is 0 Å². The Kier molecular flexibility index (Phi) is 9.79. The molecule has 0 spiro atoms. The quantitative estimate of drug-likeness (QED) is 0.305. The minimum Gasteiger partial charge on any atom is -0.481 e. The molecule has 2 rings (SSSR count). The Balaban J connectivity index is 2.13. The number of hydrogen-bond donors (Lipinski definition) is 0. The highest BCUT2D eigenvalue weighted by Gasteiger charge is 2.40. The molecule has 1 atom stereocenters. The number of nitrogens with zero attached hydrogens (tertiary/aromatic N) is 2. The monoisotopic (exact) mass is 506 g/mol. The summed E-state index contributed by atoms with van der Waals surface area (Å²) in [5.74, 6) is -0.997. The van der Waals surface area contributed by atoms with Crippen molar-refractivity contribution in [3.8, 4) is 17.4 Å². The lowest BCUT2D eigenvalue weighted by molar-refractivity contribution is -0.144. The van der Waals surface area contributed by atoms with Crippen LogP contribution in [0.3, 0.4) is 0 Å². The van der Waals surface area contributed by atoms with Gasteiger partial charge in [0.1, 0.15) is 17.1 Å². The maximum absolute atomic E-state index is 13.3. The summed E-state index contributed by atoms with van der Waals surface area (Å²) in [6.45, 7) is 6.92. The summed E-state index contributed by atoms with van der Waals surface area (Å²) in [6.07, 6.45) is -6.99. The molecule has 0 aliphatic heterocycles. The molecule has 0 aliphatic carbocycles. The van der Waals surface area contributed by atoms with Crippen LogP contribution in [0.2, 0.25) is 0 Å². The molecule has 2 aromatic rings. The molecular formula is C24H28F6N2O3. The first-order chi connectivity index (χ1) is 16.4. The van der Waals surface area contributed by atoms with Crippen LogP contribution in [0.4, 0.5) is 26.3 Å². The molecule has 0 saturated carbocycles. The smallest absolute Gasteiger partial charge is 0.421 e. The van der Waals surface area contributed by atoms with E-state index in [1.807, 2.05) is 13.8 Å². The number of benzene rings is 1. The molecular weight excluding hydrogens is 478 g/mol. The summed E-state index contributed by atoms with van der Waals surface area (Å²) in [5.41, 5.74) is -3.18. The second-order valence-corrected chi connectivity index (χ2v) is 7.94. The van der Waals surface area contributed by atoms with Gasteiger partial charge in [0, 0.05) is 19.3 Å². The van der Waals surface area contributed by atoms with Crippen LogP contribution in [0.25, 0.3) is 0 Å². The van der Waals surface area contributed by atoms with E-state index in [0.29, 0.717) is 13.1 Å². The zero-order chi connectivity index (χ0) is 26.2. The second-order valence-electron chi connectivity index (χ2n) is 7.94. The number of aromatic nitrogens is 1. The first-order valence-electron chi connectivity index (χ1n) is 11.2. The predicted molar refractivity (Wildman–Crippen MR) is 117 cm³/mol. The van der Waals surface area contributed by atoms with Crippen LogP contribution in [-0.4, -0.2) is 35.0 Å². The van der Waals surface area contributed by atoms with Crippen LogP contribution < -0.4 is 9.47 Å². The van der Waals surface area contributed by atoms with Crippen molar-refractivity contribution in [3.05, 3.63) is 47.7 Å². The standard InChI is InChI=1S/C24H28F6N2O3/c1-4-6-12-32(13-7-5-2)22(33)16(3)34-18-8-10-19(11-9-18)35-21-20(24(28,29)30)14-17(15-31-21)23(25,26)27/h8-11,14-16H,4-7,12-13H2,1-3H3. The van der Waals surface area contributed by atoms with E-state index in [1.54, 1.807) is 11.8 Å². The maximum Gasteiger partial charge on any atom is 0.421 e. The molecule has 1 heterocycles. The lowest BCUT2D eigenvalue weighted by atomic mass is 10.2. The zero-order valence-corrected chi connectivity index (χ0v) is 19.7. The second kappa shape index (κ2) is 12.1. The Morgan fingerprint density at radius 3 is 1.97 bits per heavy atom. The van der Waals surface area contributed by atoms with Crippen molar-refractivity contribution in [1.29, 1.82) is 0 Å². The van der Waals surface area contributed by atoms with Crippen molar-refractivity contribution in [1.82, 2.24) is 9.88 Å². The first kappa shape index (κ1) is 28.3. The van der Waals surface area contributed by atoms with Gasteiger partial charge < -0.3 is 14.4 Å². The number of carbonyl (C=O) groups excluding carboxylic acids is 1. The van der Waals surface area contributed by atoms with E-state index in [1.165, 1.54) is 24.3 Å². The fourth-order valence-corrected chi connectivity index (χ4v) is 3.13. The molecule has 0 N–H and O–H groups in total. The first-order valence-corrected chi connectivity index (χ1v) is 11.2. The van der Waals surface area contributed by atoms with E-state index in [0.717, 1.165) is 25.7 Å². The average molecular weight is 506 g/mol. The molecule has 1 unspecified atom stereocenters. The summed E-state index contributed by atoms with van der Waals surface area (Å²) in [5, 5.41) is 0. The molecule has 0 saturated heterocycles. The van der Waals surface area contributed by atoms with Crippen molar-refractivity contribution in [3.63, 3.8) is 0 Å². The van der Waals surface area contributed by atoms with Crippen molar-refractivity contribution in [2.75, 3.05) is 13.1 Å². The molecule has 0 bridgehead atoms. The number of carbonyl (C=O) groups is 1. The Labute approximate surface area is 200 Å². The minimum atomic E-state index is -5.11. The number of ether oxygens (including phenoxy) is 2. The van der Waals surface area contributed by atoms with Crippen LogP contribution >= 0.6 is 0 Å². The van der Waals surface area contributed by atoms with Gasteiger partial charge in [-0.05, 0) is 50.1 Å². The van der Waals surface area contributed by atoms with Gasteiger partial charge in [-0.25, -0.2) is 4.98 Å². The van der Waals surface area contributed by atoms with E-state index < -0.39 is 35.5 Å². The third-order valence-corrected chi connectivity index (χ3v) is 5.06. The van der Waals surface area contributed by atoms with Crippen molar-refractivity contribution in [2.24, 2.45) is 0 Å². The molecule has 0 radical (unpaired) electrons. The third-order valence-electron chi connectivity index (χ3n) is 5.06. The highest BCUT2D eigenvalue weighted by atomic mass is 19.4. The average Bonchev–Trinajstić information content (AvgIpc) is 2.79. The number of hydrogen-bond acceptors (Lipinski definition) is 4. The largest absolute Gasteiger partial charge is 0.481 e. The Morgan fingerprint density at radius 2 is 1.49 bits per heavy atom. The van der Waals surface area contributed by atoms with Gasteiger partial charge in [-0.2, -0.15) is 26.3 Å². The molecule has 5 nitrogen and oxygen atoms in total. The predicted octanol–water partition coefficient (Wildman–Crippen LogP) is 7.11. The molecule has 1 aromatic carbocycles. The van der Waals surface area contributed by atoms with Crippen LogP contribution in [0.5, 0.6) is 17.4 Å². The van der Waals surface area contributed by atoms with Crippen LogP contribution in [0.1, 0.15) is 57.6 Å². The molecule has 0 fully saturated rings. The SMILES string of the molecule is CCCCN(CCCC)C(=O)C(C)Oc1ccc(Oc2ncc(C(F)(F)F)cc2C(F)(F)F)cc1. The highest BCUT2D eigenvalue weighted by molar-refractivity contribution is 5.80. The van der Waals surface area contributed by atoms with Crippen molar-refractivity contribution >= 4 is 5.91 Å². The van der Waals surface area contributed by atoms with Gasteiger partial charge in [0.15, 0.2) is 6.10 Å². The molecule has 1 aromatic heterocycles. The number of halogens is 6. The van der Waals surface area contributed by atoms with Crippen molar-refractivity contribution < 1.29 is 40.6 Å². The van der Waals surface area contributed by atoms with Gasteiger partial charge in [-0.1, -0.05) is 26.7 Å². The fraction of sp³-hybridized carbons (Fsp3) is 0.500. The van der Waals surface area contributed by atoms with E-state index in [-0.39, 0.29) is 29.7 Å². The van der Waals surface area contributed by atoms with Crippen LogP contribution in [0.15, 0.2) is 36.5 Å². The maximum atomic E-state index is 13.3. The number of rotatable bonds is 11. The van der Waals surface area contributed by atoms with Gasteiger partial charge in [0.25, 0.3) is 5.91 Å². The fourth-order valence-electron chi connectivity index (χ4n) is 3.13. The summed E-state index contributed by atoms with van der Waals surface area (Å²) in [6, 6.07) is 5.28. The Hall–Kier alpha value is -2.98. The molecule has 0 aliphatic rings. The number of alkyl halides is 6. The highest BCUT2D eigenvalue weighted by Crippen LogP contribution is 2.40. The molecule has 35 heavy (non-hydrogen) atoms. The summed E-state index contributed by atoms with van der Waals surface area (Å²) in [7, 11) is 0. The molecule has 11 heteroatoms. The Morgan fingerprint density at radius 1 is 0.943 bits per heavy atom. The van der Waals surface area contributed by atoms with Gasteiger partial charge >= 0.3 is 12.4 Å². The van der Waals surface area contributed by atoms with Crippen LogP contribution in [0, 0.1) is 0 Å². The molecule has 1 amide bonds. The molecule has 194 valence electrons. The summed E-state index contributed by atoms with van der Waals surface area (Å²) in [4.78, 5) is 17.8. The van der Waals surface area contributed by atoms with Gasteiger partial charge in [0.2, 0.25) is 5.88 Å². The lowest BCUT2D eigenvalue weighted by Gasteiger charge is -2.26. The number of pyridine rings is 1. The van der Waals surface area contributed by atoms with E-state index in [4.69, 9.17) is 9.47 Å². The Bertz CT molecular complexity index is 953. The summed E-state index contributed by atoms with van der Waals surface area (Å²) < 4.78 is 89.0. The zero-order valence-electron chi connectivity index (χ0n) is 19.7. The van der Waals surface area contributed by atoms with Gasteiger partial charge in [0.05, 0.1) is 5.56 Å².